The first-order valence-electron chi connectivity index (χ1n) is 14.3. The first kappa shape index (κ1) is 32.7. The van der Waals surface area contributed by atoms with Gasteiger partial charge in [-0.25, -0.2) is 4.98 Å². The second-order valence-corrected chi connectivity index (χ2v) is 10.5. The number of carbonyl (C=O) groups is 3. The maximum atomic E-state index is 12.9. The van der Waals surface area contributed by atoms with Gasteiger partial charge in [-0.1, -0.05) is 25.1 Å². The number of hydrogen-bond donors (Lipinski definition) is 4. The van der Waals surface area contributed by atoms with Gasteiger partial charge >= 0.3 is 0 Å². The third-order valence-electron chi connectivity index (χ3n) is 6.75. The summed E-state index contributed by atoms with van der Waals surface area (Å²) >= 11 is 0. The average Bonchev–Trinajstić information content (AvgIpc) is 2.99. The maximum Gasteiger partial charge on any atom is 0.248 e. The van der Waals surface area contributed by atoms with E-state index in [4.69, 9.17) is 5.73 Å². The van der Waals surface area contributed by atoms with Gasteiger partial charge in [0.2, 0.25) is 23.7 Å². The van der Waals surface area contributed by atoms with Crippen LogP contribution in [0.5, 0.6) is 0 Å². The lowest BCUT2D eigenvalue weighted by atomic mass is 10.0. The SMILES string of the molecule is CCCNc1nc(Nc2ccc(C(N)=O)cc2)ncc1CCc1cccc(NC(=O)[C@H](C)N(C)C(=O)/C=C/CN(C)C)c1. The van der Waals surface area contributed by atoms with E-state index in [9.17, 15) is 14.4 Å². The number of aryl methyl sites for hydroxylation is 2. The number of amides is 3. The number of carbonyl (C=O) groups excluding carboxylic acids is 3. The van der Waals surface area contributed by atoms with Gasteiger partial charge in [0.15, 0.2) is 0 Å². The number of rotatable bonds is 15. The molecule has 5 N–H and O–H groups in total. The monoisotopic (exact) mass is 586 g/mol. The summed E-state index contributed by atoms with van der Waals surface area (Å²) in [6.07, 6.45) is 7.40. The summed E-state index contributed by atoms with van der Waals surface area (Å²) in [5, 5.41) is 9.49. The summed E-state index contributed by atoms with van der Waals surface area (Å²) in [7, 11) is 5.46. The average molecular weight is 587 g/mol. The molecular weight excluding hydrogens is 544 g/mol. The number of benzene rings is 2. The fraction of sp³-hybridized carbons (Fsp3) is 0.344. The van der Waals surface area contributed by atoms with Crippen molar-refractivity contribution in [2.24, 2.45) is 5.73 Å². The van der Waals surface area contributed by atoms with Gasteiger partial charge in [0.05, 0.1) is 0 Å². The first-order valence-corrected chi connectivity index (χ1v) is 14.3. The zero-order valence-electron chi connectivity index (χ0n) is 25.6. The molecule has 11 nitrogen and oxygen atoms in total. The zero-order chi connectivity index (χ0) is 31.4. The standard InChI is InChI=1S/C32H42N8O3/c1-6-18-34-30-25(21-35-32(38-30)37-26-16-14-24(15-17-26)29(33)42)13-12-23-9-7-10-27(20-23)36-31(43)22(2)40(5)28(41)11-8-19-39(3)4/h7-11,14-17,20-22H,6,12-13,18-19H2,1-5H3,(H2,33,42)(H,36,43)(H2,34,35,37,38)/b11-8+/t22-/m0/s1. The van der Waals surface area contributed by atoms with Crippen molar-refractivity contribution >= 4 is 40.9 Å². The Kier molecular flexibility index (Phi) is 12.2. The van der Waals surface area contributed by atoms with Crippen molar-refractivity contribution in [1.82, 2.24) is 19.8 Å². The number of primary amides is 1. The number of aromatic nitrogens is 2. The summed E-state index contributed by atoms with van der Waals surface area (Å²) < 4.78 is 0. The van der Waals surface area contributed by atoms with Crippen LogP contribution in [0.15, 0.2) is 66.9 Å². The fourth-order valence-corrected chi connectivity index (χ4v) is 4.07. The zero-order valence-corrected chi connectivity index (χ0v) is 25.6. The van der Waals surface area contributed by atoms with Crippen LogP contribution >= 0.6 is 0 Å². The number of nitrogens with one attached hydrogen (secondary N) is 3. The van der Waals surface area contributed by atoms with E-state index in [1.807, 2.05) is 43.3 Å². The molecule has 0 aliphatic rings. The van der Waals surface area contributed by atoms with Crippen molar-refractivity contribution in [2.75, 3.05) is 50.2 Å². The van der Waals surface area contributed by atoms with Crippen LogP contribution in [-0.4, -0.2) is 77.8 Å². The van der Waals surface area contributed by atoms with Gasteiger partial charge in [0.1, 0.15) is 11.9 Å². The van der Waals surface area contributed by atoms with Gasteiger partial charge in [0, 0.05) is 54.9 Å². The highest BCUT2D eigenvalue weighted by Gasteiger charge is 2.21. The van der Waals surface area contributed by atoms with Crippen LogP contribution in [0.1, 0.15) is 41.8 Å². The van der Waals surface area contributed by atoms with E-state index in [0.717, 1.165) is 35.6 Å². The summed E-state index contributed by atoms with van der Waals surface area (Å²) in [6, 6.07) is 13.8. The molecule has 0 aliphatic heterocycles. The molecule has 3 amide bonds. The quantitative estimate of drug-likeness (QED) is 0.197. The van der Waals surface area contributed by atoms with E-state index in [1.54, 1.807) is 50.5 Å². The van der Waals surface area contributed by atoms with Gasteiger partial charge in [0.25, 0.3) is 0 Å². The van der Waals surface area contributed by atoms with Gasteiger partial charge in [-0.05, 0) is 82.2 Å². The molecule has 1 heterocycles. The van der Waals surface area contributed by atoms with Crippen LogP contribution in [0.2, 0.25) is 0 Å². The van der Waals surface area contributed by atoms with Crippen LogP contribution < -0.4 is 21.7 Å². The topological polar surface area (TPSA) is 146 Å². The lowest BCUT2D eigenvalue weighted by Gasteiger charge is -2.23. The molecule has 0 spiro atoms. The van der Waals surface area contributed by atoms with Gasteiger partial charge in [-0.3, -0.25) is 14.4 Å². The highest BCUT2D eigenvalue weighted by molar-refractivity contribution is 5.98. The predicted octanol–water partition coefficient (Wildman–Crippen LogP) is 3.83. The molecule has 0 aliphatic carbocycles. The molecule has 3 aromatic rings. The predicted molar refractivity (Wildman–Crippen MR) is 171 cm³/mol. The van der Waals surface area contributed by atoms with Gasteiger partial charge < -0.3 is 31.5 Å². The molecule has 0 fully saturated rings. The lowest BCUT2D eigenvalue weighted by molar-refractivity contribution is -0.132. The molecule has 228 valence electrons. The molecule has 2 aromatic carbocycles. The minimum atomic E-state index is -0.641. The maximum absolute atomic E-state index is 12.9. The Labute approximate surface area is 253 Å². The molecule has 1 aromatic heterocycles. The number of anilines is 4. The number of hydrogen-bond acceptors (Lipinski definition) is 8. The van der Waals surface area contributed by atoms with Crippen molar-refractivity contribution in [2.45, 2.75) is 39.2 Å². The Balaban J connectivity index is 1.64. The molecule has 0 saturated heterocycles. The summed E-state index contributed by atoms with van der Waals surface area (Å²) in [5.74, 6) is 0.212. The van der Waals surface area contributed by atoms with Crippen LogP contribution in [-0.2, 0) is 22.4 Å². The Hall–Kier alpha value is -4.77. The minimum Gasteiger partial charge on any atom is -0.370 e. The van der Waals surface area contributed by atoms with E-state index in [1.165, 1.54) is 11.0 Å². The molecule has 11 heteroatoms. The third-order valence-corrected chi connectivity index (χ3v) is 6.75. The van der Waals surface area contributed by atoms with Crippen LogP contribution in [0.4, 0.5) is 23.1 Å². The normalized spacial score (nSPS) is 11.8. The van der Waals surface area contributed by atoms with E-state index < -0.39 is 11.9 Å². The Morgan fingerprint density at radius 1 is 1.02 bits per heavy atom. The highest BCUT2D eigenvalue weighted by Crippen LogP contribution is 2.21. The molecule has 0 radical (unpaired) electrons. The number of likely N-dealkylation sites (N-methyl/N-ethyl adjacent to an activating group) is 2. The Morgan fingerprint density at radius 3 is 2.44 bits per heavy atom. The Bertz CT molecular complexity index is 1420. The smallest absolute Gasteiger partial charge is 0.248 e. The summed E-state index contributed by atoms with van der Waals surface area (Å²) in [4.78, 5) is 49.2. The third kappa shape index (κ3) is 10.2. The molecule has 3 rings (SSSR count). The lowest BCUT2D eigenvalue weighted by Crippen LogP contribution is -2.42. The second kappa shape index (κ2) is 16.0. The van der Waals surface area contributed by atoms with Crippen molar-refractivity contribution in [1.29, 1.82) is 0 Å². The van der Waals surface area contributed by atoms with Crippen molar-refractivity contribution < 1.29 is 14.4 Å². The van der Waals surface area contributed by atoms with Crippen molar-refractivity contribution in [3.8, 4) is 0 Å². The molecule has 0 bridgehead atoms. The van der Waals surface area contributed by atoms with Crippen molar-refractivity contribution in [3.05, 3.63) is 83.6 Å². The summed E-state index contributed by atoms with van der Waals surface area (Å²) in [5.41, 5.74) is 9.17. The first-order chi connectivity index (χ1) is 20.6. The van der Waals surface area contributed by atoms with Gasteiger partial charge in [-0.2, -0.15) is 4.98 Å². The van der Waals surface area contributed by atoms with E-state index in [2.05, 4.69) is 32.8 Å². The molecule has 0 unspecified atom stereocenters. The van der Waals surface area contributed by atoms with E-state index >= 15 is 0 Å². The molecule has 0 saturated carbocycles. The minimum absolute atomic E-state index is 0.227. The second-order valence-electron chi connectivity index (χ2n) is 10.5. The van der Waals surface area contributed by atoms with Crippen LogP contribution in [0, 0.1) is 0 Å². The largest absolute Gasteiger partial charge is 0.370 e. The summed E-state index contributed by atoms with van der Waals surface area (Å²) in [6.45, 7) is 5.20. The number of nitrogens with two attached hydrogens (primary N) is 1. The highest BCUT2D eigenvalue weighted by atomic mass is 16.2. The number of nitrogens with zero attached hydrogens (tertiary/aromatic N) is 4. The van der Waals surface area contributed by atoms with E-state index in [0.29, 0.717) is 36.6 Å². The van der Waals surface area contributed by atoms with Crippen molar-refractivity contribution in [3.63, 3.8) is 0 Å². The Morgan fingerprint density at radius 2 is 1.77 bits per heavy atom. The molecule has 43 heavy (non-hydrogen) atoms. The molecule has 1 atom stereocenters. The van der Waals surface area contributed by atoms with Crippen LogP contribution in [0.3, 0.4) is 0 Å². The fourth-order valence-electron chi connectivity index (χ4n) is 4.07. The molecular formula is C32H42N8O3. The van der Waals surface area contributed by atoms with Crippen LogP contribution in [0.25, 0.3) is 0 Å². The van der Waals surface area contributed by atoms with Gasteiger partial charge in [-0.15, -0.1) is 0 Å². The van der Waals surface area contributed by atoms with E-state index in [-0.39, 0.29) is 11.8 Å².